The van der Waals surface area contributed by atoms with Crippen molar-refractivity contribution in [3.05, 3.63) is 53.2 Å². The molecule has 25 heavy (non-hydrogen) atoms. The molecule has 0 aliphatic carbocycles. The highest BCUT2D eigenvalue weighted by molar-refractivity contribution is 5.87. The fraction of sp³-hybridized carbons (Fsp3) is 0.333. The summed E-state index contributed by atoms with van der Waals surface area (Å²) in [5, 5.41) is 8.96. The summed E-state index contributed by atoms with van der Waals surface area (Å²) < 4.78 is 39.4. The zero-order valence-corrected chi connectivity index (χ0v) is 14.1. The molecule has 1 N–H and O–H groups in total. The molecule has 0 saturated carbocycles. The molecule has 0 radical (unpaired) electrons. The van der Waals surface area contributed by atoms with Crippen molar-refractivity contribution < 1.29 is 23.1 Å². The number of aromatic nitrogens is 1. The highest BCUT2D eigenvalue weighted by atomic mass is 19.4. The van der Waals surface area contributed by atoms with E-state index in [-0.39, 0.29) is 11.5 Å². The Kier molecular flexibility index (Phi) is 5.35. The first-order chi connectivity index (χ1) is 11.6. The first kappa shape index (κ1) is 18.8. The molecule has 4 nitrogen and oxygen atoms in total. The van der Waals surface area contributed by atoms with Gasteiger partial charge in [0.05, 0.1) is 11.1 Å². The van der Waals surface area contributed by atoms with E-state index in [1.54, 1.807) is 17.9 Å². The minimum absolute atomic E-state index is 0.0217. The molecule has 0 atom stereocenters. The molecule has 2 aromatic rings. The number of anilines is 2. The van der Waals surface area contributed by atoms with Crippen molar-refractivity contribution in [1.29, 1.82) is 0 Å². The zero-order chi connectivity index (χ0) is 18.8. The highest BCUT2D eigenvalue weighted by Crippen LogP contribution is 2.35. The van der Waals surface area contributed by atoms with Crippen molar-refractivity contribution in [1.82, 2.24) is 4.98 Å². The first-order valence-corrected chi connectivity index (χ1v) is 7.73. The van der Waals surface area contributed by atoms with Gasteiger partial charge in [0.2, 0.25) is 0 Å². The minimum Gasteiger partial charge on any atom is -0.478 e. The normalized spacial score (nSPS) is 11.6. The lowest BCUT2D eigenvalue weighted by molar-refractivity contribution is -0.137. The monoisotopic (exact) mass is 352 g/mol. The number of halogens is 3. The fourth-order valence-corrected chi connectivity index (χ4v) is 2.45. The summed E-state index contributed by atoms with van der Waals surface area (Å²) in [6, 6.07) is 6.73. The van der Waals surface area contributed by atoms with Crippen LogP contribution >= 0.6 is 0 Å². The number of benzene rings is 1. The summed E-state index contributed by atoms with van der Waals surface area (Å²) in [4.78, 5) is 16.7. The molecule has 0 spiro atoms. The maximum atomic E-state index is 13.1. The lowest BCUT2D eigenvalue weighted by Gasteiger charge is -2.27. The Bertz CT molecular complexity index is 756. The summed E-state index contributed by atoms with van der Waals surface area (Å²) in [5.74, 6) is -0.544. The molecule has 0 aliphatic heterocycles. The van der Waals surface area contributed by atoms with Gasteiger partial charge in [-0.3, -0.25) is 0 Å². The number of carboxylic acid groups (broad SMARTS) is 1. The van der Waals surface area contributed by atoms with Crippen LogP contribution in [0.5, 0.6) is 0 Å². The number of carboxylic acids is 1. The maximum Gasteiger partial charge on any atom is 0.416 e. The predicted octanol–water partition coefficient (Wildman–Crippen LogP) is 4.90. The van der Waals surface area contributed by atoms with Crippen LogP contribution in [0.2, 0.25) is 0 Å². The Morgan fingerprint density at radius 1 is 1.24 bits per heavy atom. The van der Waals surface area contributed by atoms with E-state index in [1.807, 2.05) is 13.8 Å². The molecule has 7 heteroatoms. The molecule has 1 heterocycles. The summed E-state index contributed by atoms with van der Waals surface area (Å²) in [7, 11) is 0. The van der Waals surface area contributed by atoms with E-state index >= 15 is 0 Å². The molecule has 0 saturated heterocycles. The SMILES string of the molecule is Cc1cc(N(CC(C)C)c2ccc(C(=O)O)cn2)cc(C(F)(F)F)c1. The van der Waals surface area contributed by atoms with Crippen LogP contribution in [0, 0.1) is 12.8 Å². The van der Waals surface area contributed by atoms with E-state index in [0.717, 1.165) is 12.1 Å². The van der Waals surface area contributed by atoms with Crippen LogP contribution < -0.4 is 4.90 Å². The Labute approximate surface area is 143 Å². The standard InChI is InChI=1S/C18H19F3N2O2/c1-11(2)10-23(16-5-4-13(9-22-16)17(24)25)15-7-12(3)6-14(8-15)18(19,20)21/h4-9,11H,10H2,1-3H3,(H,24,25). The van der Waals surface area contributed by atoms with Gasteiger partial charge in [-0.25, -0.2) is 9.78 Å². The topological polar surface area (TPSA) is 53.4 Å². The van der Waals surface area contributed by atoms with Gasteiger partial charge in [-0.15, -0.1) is 0 Å². The van der Waals surface area contributed by atoms with Gasteiger partial charge in [0.1, 0.15) is 5.82 Å². The quantitative estimate of drug-likeness (QED) is 0.831. The molecular formula is C18H19F3N2O2. The van der Waals surface area contributed by atoms with Gasteiger partial charge >= 0.3 is 12.1 Å². The Morgan fingerprint density at radius 2 is 1.92 bits per heavy atom. The first-order valence-electron chi connectivity index (χ1n) is 7.73. The van der Waals surface area contributed by atoms with Crippen LogP contribution in [-0.4, -0.2) is 22.6 Å². The lowest BCUT2D eigenvalue weighted by atomic mass is 10.1. The van der Waals surface area contributed by atoms with Gasteiger partial charge in [0, 0.05) is 18.4 Å². The molecule has 0 aliphatic rings. The third-order valence-corrected chi connectivity index (χ3v) is 3.52. The zero-order valence-electron chi connectivity index (χ0n) is 14.1. The van der Waals surface area contributed by atoms with E-state index < -0.39 is 17.7 Å². The van der Waals surface area contributed by atoms with Crippen LogP contribution in [0.15, 0.2) is 36.5 Å². The van der Waals surface area contributed by atoms with E-state index in [9.17, 15) is 18.0 Å². The van der Waals surface area contributed by atoms with E-state index in [4.69, 9.17) is 5.11 Å². The van der Waals surface area contributed by atoms with Crippen molar-refractivity contribution in [2.45, 2.75) is 26.9 Å². The largest absolute Gasteiger partial charge is 0.478 e. The Balaban J connectivity index is 2.51. The molecular weight excluding hydrogens is 333 g/mol. The molecule has 2 rings (SSSR count). The number of carbonyl (C=O) groups is 1. The number of hydrogen-bond acceptors (Lipinski definition) is 3. The number of alkyl halides is 3. The lowest BCUT2D eigenvalue weighted by Crippen LogP contribution is -2.24. The van der Waals surface area contributed by atoms with Gasteiger partial charge in [0.25, 0.3) is 0 Å². The van der Waals surface area contributed by atoms with Crippen LogP contribution in [0.3, 0.4) is 0 Å². The second-order valence-electron chi connectivity index (χ2n) is 6.27. The minimum atomic E-state index is -4.44. The van der Waals surface area contributed by atoms with Crippen molar-refractivity contribution >= 4 is 17.5 Å². The van der Waals surface area contributed by atoms with Crippen LogP contribution in [-0.2, 0) is 6.18 Å². The second-order valence-corrected chi connectivity index (χ2v) is 6.27. The number of pyridine rings is 1. The summed E-state index contributed by atoms with van der Waals surface area (Å²) >= 11 is 0. The van der Waals surface area contributed by atoms with Gasteiger partial charge in [-0.2, -0.15) is 13.2 Å². The van der Waals surface area contributed by atoms with Gasteiger partial charge in [-0.1, -0.05) is 13.8 Å². The van der Waals surface area contributed by atoms with Crippen molar-refractivity contribution in [3.8, 4) is 0 Å². The average Bonchev–Trinajstić information content (AvgIpc) is 2.51. The molecule has 1 aromatic carbocycles. The Morgan fingerprint density at radius 3 is 2.40 bits per heavy atom. The molecule has 0 amide bonds. The Hall–Kier alpha value is -2.57. The number of nitrogens with zero attached hydrogens (tertiary/aromatic N) is 2. The molecule has 0 fully saturated rings. The fourth-order valence-electron chi connectivity index (χ4n) is 2.45. The third kappa shape index (κ3) is 4.71. The highest BCUT2D eigenvalue weighted by Gasteiger charge is 2.31. The van der Waals surface area contributed by atoms with Crippen molar-refractivity contribution in [2.75, 3.05) is 11.4 Å². The molecule has 0 unspecified atom stereocenters. The molecule has 1 aromatic heterocycles. The van der Waals surface area contributed by atoms with E-state index in [0.29, 0.717) is 23.6 Å². The number of rotatable bonds is 5. The average molecular weight is 352 g/mol. The van der Waals surface area contributed by atoms with Gasteiger partial charge < -0.3 is 10.0 Å². The predicted molar refractivity (Wildman–Crippen MR) is 89.2 cm³/mol. The van der Waals surface area contributed by atoms with Crippen molar-refractivity contribution in [3.63, 3.8) is 0 Å². The van der Waals surface area contributed by atoms with E-state index in [1.165, 1.54) is 18.3 Å². The van der Waals surface area contributed by atoms with Crippen molar-refractivity contribution in [2.24, 2.45) is 5.92 Å². The number of aryl methyl sites for hydroxylation is 1. The van der Waals surface area contributed by atoms with Gasteiger partial charge in [-0.05, 0) is 48.7 Å². The van der Waals surface area contributed by atoms with Crippen LogP contribution in [0.25, 0.3) is 0 Å². The summed E-state index contributed by atoms with van der Waals surface area (Å²) in [5.41, 5.74) is 0.157. The summed E-state index contributed by atoms with van der Waals surface area (Å²) in [6.45, 7) is 5.94. The summed E-state index contributed by atoms with van der Waals surface area (Å²) in [6.07, 6.45) is -3.24. The van der Waals surface area contributed by atoms with Crippen LogP contribution in [0.4, 0.5) is 24.7 Å². The number of hydrogen-bond donors (Lipinski definition) is 1. The maximum absolute atomic E-state index is 13.1. The second kappa shape index (κ2) is 7.13. The van der Waals surface area contributed by atoms with Gasteiger partial charge in [0.15, 0.2) is 0 Å². The smallest absolute Gasteiger partial charge is 0.416 e. The molecule has 0 bridgehead atoms. The van der Waals surface area contributed by atoms with E-state index in [2.05, 4.69) is 4.98 Å². The number of aromatic carboxylic acids is 1. The third-order valence-electron chi connectivity index (χ3n) is 3.52. The molecule has 134 valence electrons. The van der Waals surface area contributed by atoms with Crippen LogP contribution in [0.1, 0.15) is 35.3 Å².